The summed E-state index contributed by atoms with van der Waals surface area (Å²) in [5.41, 5.74) is 1.35. The molecule has 0 unspecified atom stereocenters. The highest BCUT2D eigenvalue weighted by Gasteiger charge is 2.17. The lowest BCUT2D eigenvalue weighted by molar-refractivity contribution is -0.137. The van der Waals surface area contributed by atoms with Gasteiger partial charge in [0.2, 0.25) is 0 Å². The predicted octanol–water partition coefficient (Wildman–Crippen LogP) is 3.90. The number of rotatable bonds is 4. The molecular formula is C16H11Cl3N2O3. The van der Waals surface area contributed by atoms with Gasteiger partial charge in [-0.05, 0) is 29.8 Å². The fourth-order valence-electron chi connectivity index (χ4n) is 2.52. The largest absolute Gasteiger partial charge is 0.480 e. The minimum atomic E-state index is -1.12. The number of carboxylic acid groups (broad SMARTS) is 1. The molecule has 0 amide bonds. The van der Waals surface area contributed by atoms with E-state index in [1.54, 1.807) is 30.3 Å². The van der Waals surface area contributed by atoms with E-state index in [0.717, 1.165) is 10.1 Å². The van der Waals surface area contributed by atoms with Crippen LogP contribution >= 0.6 is 34.8 Å². The molecule has 1 N–H and O–H groups in total. The Morgan fingerprint density at radius 1 is 0.958 bits per heavy atom. The van der Waals surface area contributed by atoms with Crippen molar-refractivity contribution in [3.8, 4) is 0 Å². The van der Waals surface area contributed by atoms with Crippen LogP contribution in [0.3, 0.4) is 0 Å². The maximum absolute atomic E-state index is 12.7. The molecule has 0 spiro atoms. The van der Waals surface area contributed by atoms with Crippen molar-refractivity contribution < 1.29 is 9.90 Å². The fourth-order valence-corrected chi connectivity index (χ4v) is 2.97. The van der Waals surface area contributed by atoms with E-state index in [4.69, 9.17) is 39.9 Å². The summed E-state index contributed by atoms with van der Waals surface area (Å²) in [5, 5.41) is 10.2. The van der Waals surface area contributed by atoms with Crippen molar-refractivity contribution in [3.05, 3.63) is 67.5 Å². The molecular weight excluding hydrogens is 375 g/mol. The molecule has 0 radical (unpaired) electrons. The number of halogens is 3. The van der Waals surface area contributed by atoms with Crippen molar-refractivity contribution in [2.45, 2.75) is 13.1 Å². The molecule has 0 saturated carbocycles. The predicted molar refractivity (Wildman–Crippen MR) is 94.4 cm³/mol. The van der Waals surface area contributed by atoms with Gasteiger partial charge in [-0.2, -0.15) is 0 Å². The third-order valence-electron chi connectivity index (χ3n) is 3.61. The standard InChI is InChI=1S/C16H11Cl3N2O3/c17-10-3-1-9(2-4-10)7-20-13-5-11(18)12(19)6-14(13)21(16(20)24)8-15(22)23/h1-6H,7-8H2,(H,22,23). The lowest BCUT2D eigenvalue weighted by atomic mass is 10.2. The van der Waals surface area contributed by atoms with E-state index in [-0.39, 0.29) is 11.6 Å². The Hall–Kier alpha value is -1.95. The number of hydrogen-bond acceptors (Lipinski definition) is 2. The van der Waals surface area contributed by atoms with Crippen molar-refractivity contribution in [3.63, 3.8) is 0 Å². The van der Waals surface area contributed by atoms with Gasteiger partial charge >= 0.3 is 11.7 Å². The summed E-state index contributed by atoms with van der Waals surface area (Å²) >= 11 is 17.9. The number of fused-ring (bicyclic) bond motifs is 1. The highest BCUT2D eigenvalue weighted by atomic mass is 35.5. The second kappa shape index (κ2) is 6.51. The van der Waals surface area contributed by atoms with Gasteiger partial charge in [-0.1, -0.05) is 46.9 Å². The molecule has 0 fully saturated rings. The second-order valence-corrected chi connectivity index (χ2v) is 6.48. The topological polar surface area (TPSA) is 64.2 Å². The van der Waals surface area contributed by atoms with Gasteiger partial charge in [0.25, 0.3) is 0 Å². The molecule has 5 nitrogen and oxygen atoms in total. The summed E-state index contributed by atoms with van der Waals surface area (Å²) in [7, 11) is 0. The van der Waals surface area contributed by atoms with E-state index >= 15 is 0 Å². The number of carboxylic acids is 1. The summed E-state index contributed by atoms with van der Waals surface area (Å²) in [6, 6.07) is 10.1. The summed E-state index contributed by atoms with van der Waals surface area (Å²) in [5.74, 6) is -1.12. The van der Waals surface area contributed by atoms with Crippen molar-refractivity contribution in [1.29, 1.82) is 0 Å². The quantitative estimate of drug-likeness (QED) is 0.741. The molecule has 0 aliphatic carbocycles. The van der Waals surface area contributed by atoms with Gasteiger partial charge in [0, 0.05) is 5.02 Å². The van der Waals surface area contributed by atoms with Crippen LogP contribution in [0.1, 0.15) is 5.56 Å². The van der Waals surface area contributed by atoms with E-state index in [1.165, 1.54) is 10.6 Å². The van der Waals surface area contributed by atoms with E-state index in [1.807, 2.05) is 0 Å². The van der Waals surface area contributed by atoms with Crippen LogP contribution in [-0.4, -0.2) is 20.2 Å². The first-order valence-electron chi connectivity index (χ1n) is 6.91. The van der Waals surface area contributed by atoms with Crippen LogP contribution < -0.4 is 5.69 Å². The Morgan fingerprint density at radius 3 is 2.04 bits per heavy atom. The van der Waals surface area contributed by atoms with Crippen LogP contribution in [0.15, 0.2) is 41.2 Å². The van der Waals surface area contributed by atoms with Gasteiger partial charge in [-0.3, -0.25) is 13.9 Å². The van der Waals surface area contributed by atoms with Crippen LogP contribution in [0, 0.1) is 0 Å². The van der Waals surface area contributed by atoms with Crippen LogP contribution in [0.25, 0.3) is 11.0 Å². The van der Waals surface area contributed by atoms with Gasteiger partial charge in [-0.25, -0.2) is 4.79 Å². The van der Waals surface area contributed by atoms with Crippen molar-refractivity contribution in [2.75, 3.05) is 0 Å². The molecule has 3 rings (SSSR count). The van der Waals surface area contributed by atoms with E-state index in [9.17, 15) is 9.59 Å². The van der Waals surface area contributed by atoms with Gasteiger partial charge < -0.3 is 5.11 Å². The normalized spacial score (nSPS) is 11.1. The Labute approximate surface area is 151 Å². The summed E-state index contributed by atoms with van der Waals surface area (Å²) in [4.78, 5) is 23.7. The van der Waals surface area contributed by atoms with Crippen LogP contribution in [0.5, 0.6) is 0 Å². The van der Waals surface area contributed by atoms with Crippen molar-refractivity contribution >= 4 is 51.8 Å². The molecule has 0 aliphatic heterocycles. The maximum Gasteiger partial charge on any atom is 0.329 e. The molecule has 8 heteroatoms. The zero-order chi connectivity index (χ0) is 17.4. The minimum Gasteiger partial charge on any atom is -0.480 e. The number of imidazole rings is 1. The van der Waals surface area contributed by atoms with Crippen LogP contribution in [0.4, 0.5) is 0 Å². The molecule has 1 aromatic heterocycles. The first-order chi connectivity index (χ1) is 11.4. The SMILES string of the molecule is O=C(O)Cn1c(=O)n(Cc2ccc(Cl)cc2)c2cc(Cl)c(Cl)cc21. The van der Waals surface area contributed by atoms with Crippen LogP contribution in [0.2, 0.25) is 15.1 Å². The molecule has 2 aromatic carbocycles. The monoisotopic (exact) mass is 384 g/mol. The Morgan fingerprint density at radius 2 is 1.50 bits per heavy atom. The molecule has 0 aliphatic rings. The Bertz CT molecular complexity index is 990. The van der Waals surface area contributed by atoms with Crippen LogP contribution in [-0.2, 0) is 17.9 Å². The molecule has 3 aromatic rings. The first kappa shape index (κ1) is 16.9. The number of aliphatic carboxylic acids is 1. The van der Waals surface area contributed by atoms with Crippen molar-refractivity contribution in [2.24, 2.45) is 0 Å². The number of aromatic nitrogens is 2. The number of hydrogen-bond donors (Lipinski definition) is 1. The summed E-state index contributed by atoms with van der Waals surface area (Å²) in [6.07, 6.45) is 0. The Kier molecular flexibility index (Phi) is 4.58. The van der Waals surface area contributed by atoms with Gasteiger partial charge in [0.1, 0.15) is 6.54 Å². The lowest BCUT2D eigenvalue weighted by Gasteiger charge is -2.04. The number of nitrogens with zero attached hydrogens (tertiary/aromatic N) is 2. The Balaban J connectivity index is 2.20. The molecule has 124 valence electrons. The van der Waals surface area contributed by atoms with E-state index in [2.05, 4.69) is 0 Å². The third kappa shape index (κ3) is 3.15. The van der Waals surface area contributed by atoms with E-state index in [0.29, 0.717) is 21.1 Å². The number of benzene rings is 2. The minimum absolute atomic E-state index is 0.256. The molecule has 1 heterocycles. The zero-order valence-electron chi connectivity index (χ0n) is 12.2. The molecule has 0 saturated heterocycles. The molecule has 0 bridgehead atoms. The molecule has 24 heavy (non-hydrogen) atoms. The number of carbonyl (C=O) groups is 1. The highest BCUT2D eigenvalue weighted by molar-refractivity contribution is 6.42. The van der Waals surface area contributed by atoms with E-state index < -0.39 is 18.2 Å². The third-order valence-corrected chi connectivity index (χ3v) is 4.58. The average molecular weight is 386 g/mol. The van der Waals surface area contributed by atoms with Crippen molar-refractivity contribution in [1.82, 2.24) is 9.13 Å². The molecule has 0 atom stereocenters. The summed E-state index contributed by atoms with van der Waals surface area (Å²) < 4.78 is 2.62. The average Bonchev–Trinajstić information content (AvgIpc) is 2.75. The van der Waals surface area contributed by atoms with Gasteiger partial charge in [0.15, 0.2) is 0 Å². The maximum atomic E-state index is 12.7. The highest BCUT2D eigenvalue weighted by Crippen LogP contribution is 2.28. The smallest absolute Gasteiger partial charge is 0.329 e. The lowest BCUT2D eigenvalue weighted by Crippen LogP contribution is -2.27. The fraction of sp³-hybridized carbons (Fsp3) is 0.125. The summed E-state index contributed by atoms with van der Waals surface area (Å²) in [6.45, 7) is -0.196. The van der Waals surface area contributed by atoms with Gasteiger partial charge in [0.05, 0.1) is 27.6 Å². The zero-order valence-corrected chi connectivity index (χ0v) is 14.4. The first-order valence-corrected chi connectivity index (χ1v) is 8.04. The second-order valence-electron chi connectivity index (χ2n) is 5.23. The van der Waals surface area contributed by atoms with Gasteiger partial charge in [-0.15, -0.1) is 0 Å².